The summed E-state index contributed by atoms with van der Waals surface area (Å²) in [6.45, 7) is 1.15. The maximum absolute atomic E-state index is 5.72. The lowest BCUT2D eigenvalue weighted by Crippen LogP contribution is -1.99. The molecule has 0 saturated carbocycles. The molecule has 16 heavy (non-hydrogen) atoms. The molecule has 0 aliphatic carbocycles. The van der Waals surface area contributed by atoms with Crippen LogP contribution in [0.3, 0.4) is 0 Å². The Morgan fingerprint density at radius 1 is 0.750 bits per heavy atom. The van der Waals surface area contributed by atoms with Crippen LogP contribution in [0.5, 0.6) is 0 Å². The predicted molar refractivity (Wildman–Crippen MR) is 67.7 cm³/mol. The second-order valence-electron chi connectivity index (χ2n) is 3.76. The lowest BCUT2D eigenvalue weighted by atomic mass is 9.99. The van der Waals surface area contributed by atoms with E-state index in [1.807, 2.05) is 12.1 Å². The molecular formula is C14H16N2. The summed E-state index contributed by atoms with van der Waals surface area (Å²) in [6.07, 6.45) is 0. The van der Waals surface area contributed by atoms with E-state index in [-0.39, 0.29) is 0 Å². The van der Waals surface area contributed by atoms with E-state index in [1.54, 1.807) is 0 Å². The maximum Gasteiger partial charge on any atom is 0.0184 e. The Morgan fingerprint density at radius 2 is 1.44 bits per heavy atom. The minimum atomic E-state index is 0.564. The van der Waals surface area contributed by atoms with Gasteiger partial charge in [0.05, 0.1) is 0 Å². The Kier molecular flexibility index (Phi) is 3.34. The lowest BCUT2D eigenvalue weighted by Gasteiger charge is -2.08. The Bertz CT molecular complexity index is 460. The van der Waals surface area contributed by atoms with Gasteiger partial charge in [-0.3, -0.25) is 0 Å². The summed E-state index contributed by atoms with van der Waals surface area (Å²) in [6, 6.07) is 16.5. The molecule has 4 N–H and O–H groups in total. The molecule has 2 rings (SSSR count). The van der Waals surface area contributed by atoms with Crippen molar-refractivity contribution in [2.45, 2.75) is 13.1 Å². The SMILES string of the molecule is NCc1ccc(-c2ccccc2CN)cc1. The van der Waals surface area contributed by atoms with Gasteiger partial charge in [0.15, 0.2) is 0 Å². The molecule has 0 atom stereocenters. The highest BCUT2D eigenvalue weighted by molar-refractivity contribution is 5.67. The van der Waals surface area contributed by atoms with Crippen LogP contribution in [-0.4, -0.2) is 0 Å². The molecule has 0 unspecified atom stereocenters. The first kappa shape index (κ1) is 10.9. The van der Waals surface area contributed by atoms with Crippen LogP contribution in [0.15, 0.2) is 48.5 Å². The van der Waals surface area contributed by atoms with E-state index in [0.29, 0.717) is 13.1 Å². The third kappa shape index (κ3) is 2.13. The van der Waals surface area contributed by atoms with Gasteiger partial charge in [-0.25, -0.2) is 0 Å². The summed E-state index contributed by atoms with van der Waals surface area (Å²) < 4.78 is 0. The molecule has 0 amide bonds. The van der Waals surface area contributed by atoms with Crippen molar-refractivity contribution in [1.29, 1.82) is 0 Å². The van der Waals surface area contributed by atoms with Gasteiger partial charge in [0.2, 0.25) is 0 Å². The zero-order valence-electron chi connectivity index (χ0n) is 9.19. The quantitative estimate of drug-likeness (QED) is 0.820. The molecule has 0 aliphatic rings. The molecule has 2 nitrogen and oxygen atoms in total. The summed E-state index contributed by atoms with van der Waals surface area (Å²) in [5, 5.41) is 0. The topological polar surface area (TPSA) is 52.0 Å². The van der Waals surface area contributed by atoms with E-state index in [2.05, 4.69) is 36.4 Å². The normalized spacial score (nSPS) is 10.4. The summed E-state index contributed by atoms with van der Waals surface area (Å²) in [5.74, 6) is 0. The molecule has 0 spiro atoms. The van der Waals surface area contributed by atoms with Crippen molar-refractivity contribution in [3.05, 3.63) is 59.7 Å². The van der Waals surface area contributed by atoms with Crippen LogP contribution in [0.4, 0.5) is 0 Å². The summed E-state index contributed by atoms with van der Waals surface area (Å²) in [5.41, 5.74) is 16.0. The van der Waals surface area contributed by atoms with Crippen molar-refractivity contribution < 1.29 is 0 Å². The molecule has 0 saturated heterocycles. The second kappa shape index (κ2) is 4.92. The highest BCUT2D eigenvalue weighted by atomic mass is 14.5. The van der Waals surface area contributed by atoms with E-state index in [4.69, 9.17) is 11.5 Å². The maximum atomic E-state index is 5.72. The van der Waals surface area contributed by atoms with Gasteiger partial charge in [-0.1, -0.05) is 48.5 Å². The van der Waals surface area contributed by atoms with E-state index in [1.165, 1.54) is 16.7 Å². The second-order valence-corrected chi connectivity index (χ2v) is 3.76. The Hall–Kier alpha value is -1.64. The molecule has 0 heterocycles. The van der Waals surface area contributed by atoms with Crippen LogP contribution in [0.2, 0.25) is 0 Å². The van der Waals surface area contributed by atoms with Crippen molar-refractivity contribution in [3.63, 3.8) is 0 Å². The van der Waals surface area contributed by atoms with Gasteiger partial charge >= 0.3 is 0 Å². The number of hydrogen-bond acceptors (Lipinski definition) is 2. The third-order valence-electron chi connectivity index (χ3n) is 2.74. The molecule has 0 aromatic heterocycles. The molecular weight excluding hydrogens is 196 g/mol. The minimum absolute atomic E-state index is 0.564. The number of nitrogens with two attached hydrogens (primary N) is 2. The van der Waals surface area contributed by atoms with Crippen LogP contribution >= 0.6 is 0 Å². The van der Waals surface area contributed by atoms with Gasteiger partial charge in [0, 0.05) is 13.1 Å². The third-order valence-corrected chi connectivity index (χ3v) is 2.74. The zero-order valence-corrected chi connectivity index (χ0v) is 9.19. The largest absolute Gasteiger partial charge is 0.326 e. The van der Waals surface area contributed by atoms with E-state index >= 15 is 0 Å². The van der Waals surface area contributed by atoms with Gasteiger partial charge < -0.3 is 11.5 Å². The van der Waals surface area contributed by atoms with Crippen molar-refractivity contribution in [2.24, 2.45) is 11.5 Å². The Balaban J connectivity index is 2.42. The first-order valence-corrected chi connectivity index (χ1v) is 5.42. The first-order valence-electron chi connectivity index (χ1n) is 5.42. The Morgan fingerprint density at radius 3 is 2.06 bits per heavy atom. The van der Waals surface area contributed by atoms with E-state index < -0.39 is 0 Å². The molecule has 0 radical (unpaired) electrons. The van der Waals surface area contributed by atoms with Gasteiger partial charge in [-0.15, -0.1) is 0 Å². The van der Waals surface area contributed by atoms with E-state index in [9.17, 15) is 0 Å². The fourth-order valence-corrected chi connectivity index (χ4v) is 1.80. The minimum Gasteiger partial charge on any atom is -0.326 e. The number of rotatable bonds is 3. The molecule has 2 heteroatoms. The van der Waals surface area contributed by atoms with Gasteiger partial charge in [0.1, 0.15) is 0 Å². The van der Waals surface area contributed by atoms with Crippen molar-refractivity contribution >= 4 is 0 Å². The molecule has 0 bridgehead atoms. The van der Waals surface area contributed by atoms with Gasteiger partial charge in [-0.2, -0.15) is 0 Å². The Labute approximate surface area is 95.9 Å². The summed E-state index contributed by atoms with van der Waals surface area (Å²) >= 11 is 0. The molecule has 82 valence electrons. The summed E-state index contributed by atoms with van der Waals surface area (Å²) in [4.78, 5) is 0. The predicted octanol–water partition coefficient (Wildman–Crippen LogP) is 2.27. The average Bonchev–Trinajstić information content (AvgIpc) is 2.39. The van der Waals surface area contributed by atoms with Crippen molar-refractivity contribution in [3.8, 4) is 11.1 Å². The van der Waals surface area contributed by atoms with Gasteiger partial charge in [0.25, 0.3) is 0 Å². The first-order chi connectivity index (χ1) is 7.85. The van der Waals surface area contributed by atoms with Crippen LogP contribution in [-0.2, 0) is 13.1 Å². The number of hydrogen-bond donors (Lipinski definition) is 2. The van der Waals surface area contributed by atoms with Crippen LogP contribution in [0, 0.1) is 0 Å². The van der Waals surface area contributed by atoms with Crippen molar-refractivity contribution in [1.82, 2.24) is 0 Å². The molecule has 0 fully saturated rings. The van der Waals surface area contributed by atoms with Crippen molar-refractivity contribution in [2.75, 3.05) is 0 Å². The molecule has 0 aliphatic heterocycles. The van der Waals surface area contributed by atoms with Gasteiger partial charge in [-0.05, 0) is 22.3 Å². The summed E-state index contributed by atoms with van der Waals surface area (Å²) in [7, 11) is 0. The molecule has 2 aromatic rings. The molecule has 2 aromatic carbocycles. The van der Waals surface area contributed by atoms with E-state index in [0.717, 1.165) is 5.56 Å². The highest BCUT2D eigenvalue weighted by Crippen LogP contribution is 2.23. The monoisotopic (exact) mass is 212 g/mol. The van der Waals surface area contributed by atoms with Crippen LogP contribution in [0.25, 0.3) is 11.1 Å². The van der Waals surface area contributed by atoms with Crippen LogP contribution in [0.1, 0.15) is 11.1 Å². The zero-order chi connectivity index (χ0) is 11.4. The fourth-order valence-electron chi connectivity index (χ4n) is 1.80. The fraction of sp³-hybridized carbons (Fsp3) is 0.143. The lowest BCUT2D eigenvalue weighted by molar-refractivity contribution is 1.07. The number of benzene rings is 2. The highest BCUT2D eigenvalue weighted by Gasteiger charge is 2.02. The average molecular weight is 212 g/mol. The smallest absolute Gasteiger partial charge is 0.0184 e. The standard InChI is InChI=1S/C14H16N2/c15-9-11-5-7-12(8-6-11)14-4-2-1-3-13(14)10-16/h1-8H,9-10,15-16H2. The van der Waals surface area contributed by atoms with Crippen LogP contribution < -0.4 is 11.5 Å².